The van der Waals surface area contributed by atoms with E-state index in [-0.39, 0.29) is 5.56 Å². The van der Waals surface area contributed by atoms with E-state index in [1.165, 1.54) is 16.8 Å². The van der Waals surface area contributed by atoms with Crippen molar-refractivity contribution >= 4 is 27.5 Å². The average Bonchev–Trinajstić information content (AvgIpc) is 2.24. The molecule has 0 aliphatic rings. The average molecular weight is 300 g/mol. The molecule has 0 atom stereocenters. The lowest BCUT2D eigenvalue weighted by Crippen LogP contribution is -2.20. The van der Waals surface area contributed by atoms with Crippen LogP contribution in [-0.2, 0) is 0 Å². The molecule has 16 heavy (non-hydrogen) atoms. The molecule has 0 amide bonds. The van der Waals surface area contributed by atoms with Crippen LogP contribution in [0.4, 0.5) is 0 Å². The Balaban J connectivity index is 2.78. The van der Waals surface area contributed by atoms with Gasteiger partial charge in [-0.1, -0.05) is 17.7 Å². The van der Waals surface area contributed by atoms with Gasteiger partial charge in [-0.25, -0.2) is 4.98 Å². The number of hydrogen-bond donors (Lipinski definition) is 0. The van der Waals surface area contributed by atoms with Gasteiger partial charge in [0.1, 0.15) is 5.82 Å². The first-order valence-electron chi connectivity index (χ1n) is 4.60. The fourth-order valence-corrected chi connectivity index (χ4v) is 2.07. The van der Waals surface area contributed by atoms with Gasteiger partial charge in [-0.2, -0.15) is 0 Å². The van der Waals surface area contributed by atoms with Crippen LogP contribution in [0.1, 0.15) is 5.82 Å². The van der Waals surface area contributed by atoms with Gasteiger partial charge in [-0.15, -0.1) is 0 Å². The van der Waals surface area contributed by atoms with Gasteiger partial charge in [0.25, 0.3) is 5.56 Å². The summed E-state index contributed by atoms with van der Waals surface area (Å²) in [5.74, 6) is 0.621. The number of aromatic nitrogens is 2. The number of rotatable bonds is 1. The van der Waals surface area contributed by atoms with Gasteiger partial charge >= 0.3 is 0 Å². The van der Waals surface area contributed by atoms with Crippen LogP contribution in [0.2, 0.25) is 5.02 Å². The van der Waals surface area contributed by atoms with Crippen molar-refractivity contribution in [2.75, 3.05) is 0 Å². The molecule has 0 spiro atoms. The van der Waals surface area contributed by atoms with Crippen molar-refractivity contribution in [1.82, 2.24) is 9.55 Å². The van der Waals surface area contributed by atoms with Crippen LogP contribution in [0.25, 0.3) is 5.69 Å². The SMILES string of the molecule is Cc1nccc(=O)n1-c1cccc(Cl)c1Br. The largest absolute Gasteiger partial charge is 0.269 e. The van der Waals surface area contributed by atoms with Crippen LogP contribution >= 0.6 is 27.5 Å². The summed E-state index contributed by atoms with van der Waals surface area (Å²) < 4.78 is 2.20. The van der Waals surface area contributed by atoms with Crippen molar-refractivity contribution in [3.63, 3.8) is 0 Å². The maximum atomic E-state index is 11.8. The molecule has 2 rings (SSSR count). The molecule has 0 saturated heterocycles. The predicted molar refractivity (Wildman–Crippen MR) is 67.3 cm³/mol. The predicted octanol–water partition coefficient (Wildman–Crippen LogP) is 2.96. The number of aryl methyl sites for hydroxylation is 1. The summed E-state index contributed by atoms with van der Waals surface area (Å²) >= 11 is 9.35. The van der Waals surface area contributed by atoms with Crippen LogP contribution in [0.5, 0.6) is 0 Å². The van der Waals surface area contributed by atoms with E-state index in [4.69, 9.17) is 11.6 Å². The zero-order valence-electron chi connectivity index (χ0n) is 8.45. The van der Waals surface area contributed by atoms with Crippen LogP contribution in [0.3, 0.4) is 0 Å². The van der Waals surface area contributed by atoms with Gasteiger partial charge in [0.2, 0.25) is 0 Å². The Morgan fingerprint density at radius 1 is 1.38 bits per heavy atom. The van der Waals surface area contributed by atoms with E-state index in [0.717, 1.165) is 0 Å². The first-order valence-corrected chi connectivity index (χ1v) is 5.77. The number of nitrogens with zero attached hydrogens (tertiary/aromatic N) is 2. The molecule has 82 valence electrons. The summed E-state index contributed by atoms with van der Waals surface area (Å²) in [6.45, 7) is 1.77. The standard InChI is InChI=1S/C11H8BrClN2O/c1-7-14-6-5-10(16)15(7)9-4-2-3-8(13)11(9)12/h2-6H,1H3. The lowest BCUT2D eigenvalue weighted by Gasteiger charge is -2.10. The van der Waals surface area contributed by atoms with Crippen LogP contribution in [0, 0.1) is 6.92 Å². The van der Waals surface area contributed by atoms with Gasteiger partial charge < -0.3 is 0 Å². The minimum atomic E-state index is -0.129. The lowest BCUT2D eigenvalue weighted by atomic mass is 10.3. The van der Waals surface area contributed by atoms with E-state index in [0.29, 0.717) is 21.0 Å². The molecular weight excluding hydrogens is 291 g/mol. The minimum Gasteiger partial charge on any atom is -0.269 e. The molecule has 0 saturated carbocycles. The molecule has 1 aromatic heterocycles. The second kappa shape index (κ2) is 4.39. The Bertz CT molecular complexity index is 595. The molecule has 0 radical (unpaired) electrons. The van der Waals surface area contributed by atoms with Crippen LogP contribution in [-0.4, -0.2) is 9.55 Å². The highest BCUT2D eigenvalue weighted by atomic mass is 79.9. The van der Waals surface area contributed by atoms with Crippen molar-refractivity contribution in [2.45, 2.75) is 6.92 Å². The highest BCUT2D eigenvalue weighted by molar-refractivity contribution is 9.10. The summed E-state index contributed by atoms with van der Waals surface area (Å²) in [6.07, 6.45) is 1.49. The Kier molecular flexibility index (Phi) is 3.12. The second-order valence-electron chi connectivity index (χ2n) is 3.24. The van der Waals surface area contributed by atoms with Crippen LogP contribution < -0.4 is 5.56 Å². The molecule has 0 aliphatic heterocycles. The van der Waals surface area contributed by atoms with Crippen molar-refractivity contribution in [3.8, 4) is 5.69 Å². The monoisotopic (exact) mass is 298 g/mol. The van der Waals surface area contributed by atoms with E-state index in [2.05, 4.69) is 20.9 Å². The molecule has 5 heteroatoms. The maximum absolute atomic E-state index is 11.8. The topological polar surface area (TPSA) is 34.9 Å². The first kappa shape index (κ1) is 11.4. The molecule has 0 bridgehead atoms. The second-order valence-corrected chi connectivity index (χ2v) is 4.44. The van der Waals surface area contributed by atoms with Crippen LogP contribution in [0.15, 0.2) is 39.7 Å². The van der Waals surface area contributed by atoms with Crippen molar-refractivity contribution in [3.05, 3.63) is 56.1 Å². The van der Waals surface area contributed by atoms with Crippen molar-refractivity contribution in [2.24, 2.45) is 0 Å². The number of benzene rings is 1. The van der Waals surface area contributed by atoms with E-state index in [1.54, 1.807) is 19.1 Å². The molecule has 0 aliphatic carbocycles. The summed E-state index contributed by atoms with van der Waals surface area (Å²) in [5.41, 5.74) is 0.568. The normalized spacial score (nSPS) is 10.4. The highest BCUT2D eigenvalue weighted by Crippen LogP contribution is 2.28. The third kappa shape index (κ3) is 1.90. The van der Waals surface area contributed by atoms with Gasteiger partial charge in [-0.3, -0.25) is 9.36 Å². The van der Waals surface area contributed by atoms with Gasteiger partial charge in [0, 0.05) is 12.3 Å². The Morgan fingerprint density at radius 2 is 2.12 bits per heavy atom. The van der Waals surface area contributed by atoms with E-state index in [9.17, 15) is 4.79 Å². The molecule has 0 N–H and O–H groups in total. The molecule has 2 aromatic rings. The molecule has 3 nitrogen and oxygen atoms in total. The maximum Gasteiger partial charge on any atom is 0.258 e. The summed E-state index contributed by atoms with van der Waals surface area (Å²) in [6, 6.07) is 6.78. The summed E-state index contributed by atoms with van der Waals surface area (Å²) in [4.78, 5) is 15.8. The van der Waals surface area contributed by atoms with Gasteiger partial charge in [0.05, 0.1) is 15.2 Å². The Morgan fingerprint density at radius 3 is 2.81 bits per heavy atom. The summed E-state index contributed by atoms with van der Waals surface area (Å²) in [7, 11) is 0. The molecule has 1 aromatic carbocycles. The van der Waals surface area contributed by atoms with E-state index in [1.807, 2.05) is 6.07 Å². The third-order valence-electron chi connectivity index (χ3n) is 2.19. The molecule has 1 heterocycles. The quantitative estimate of drug-likeness (QED) is 0.811. The number of hydrogen-bond acceptors (Lipinski definition) is 2. The zero-order chi connectivity index (χ0) is 11.7. The summed E-state index contributed by atoms with van der Waals surface area (Å²) in [5, 5.41) is 0.563. The number of halogens is 2. The fourth-order valence-electron chi connectivity index (χ4n) is 1.46. The first-order chi connectivity index (χ1) is 7.61. The van der Waals surface area contributed by atoms with E-state index < -0.39 is 0 Å². The fraction of sp³-hybridized carbons (Fsp3) is 0.0909. The van der Waals surface area contributed by atoms with Crippen molar-refractivity contribution in [1.29, 1.82) is 0 Å². The van der Waals surface area contributed by atoms with Gasteiger partial charge in [0.15, 0.2) is 0 Å². The Hall–Kier alpha value is -1.13. The Labute approximate surface area is 106 Å². The minimum absolute atomic E-state index is 0.129. The molecular formula is C11H8BrClN2O. The lowest BCUT2D eigenvalue weighted by molar-refractivity contribution is 0.867. The highest BCUT2D eigenvalue weighted by Gasteiger charge is 2.09. The van der Waals surface area contributed by atoms with Gasteiger partial charge in [-0.05, 0) is 35.0 Å². The van der Waals surface area contributed by atoms with E-state index >= 15 is 0 Å². The smallest absolute Gasteiger partial charge is 0.258 e. The van der Waals surface area contributed by atoms with Crippen molar-refractivity contribution < 1.29 is 0 Å². The third-order valence-corrected chi connectivity index (χ3v) is 3.57. The molecule has 0 fully saturated rings. The molecule has 0 unspecified atom stereocenters. The zero-order valence-corrected chi connectivity index (χ0v) is 10.8.